The van der Waals surface area contributed by atoms with Crippen molar-refractivity contribution in [2.24, 2.45) is 0 Å². The predicted octanol–water partition coefficient (Wildman–Crippen LogP) is 2.47. The second kappa shape index (κ2) is 6.99. The van der Waals surface area contributed by atoms with E-state index >= 15 is 0 Å². The number of hydrogen-bond donors (Lipinski definition) is 0. The zero-order chi connectivity index (χ0) is 20.8. The van der Waals surface area contributed by atoms with E-state index in [1.165, 1.54) is 14.2 Å². The molecule has 2 amide bonds. The number of likely N-dealkylation sites (tertiary alicyclic amines) is 1. The Bertz CT molecular complexity index is 989. The third-order valence-corrected chi connectivity index (χ3v) is 5.98. The fraction of sp³-hybridized carbons (Fsp3) is 0.364. The van der Waals surface area contributed by atoms with E-state index < -0.39 is 5.41 Å². The normalized spacial score (nSPS) is 20.2. The van der Waals surface area contributed by atoms with Gasteiger partial charge in [0.1, 0.15) is 5.75 Å². The van der Waals surface area contributed by atoms with Crippen molar-refractivity contribution in [2.45, 2.75) is 11.8 Å². The maximum atomic E-state index is 13.3. The molecular weight excluding hydrogens is 372 g/mol. The van der Waals surface area contributed by atoms with Crippen LogP contribution in [0.3, 0.4) is 0 Å². The highest BCUT2D eigenvalue weighted by molar-refractivity contribution is 6.09. The van der Waals surface area contributed by atoms with Gasteiger partial charge in [-0.25, -0.2) is 0 Å². The molecule has 0 radical (unpaired) electrons. The molecule has 152 valence electrons. The van der Waals surface area contributed by atoms with Crippen LogP contribution in [-0.4, -0.2) is 58.2 Å². The standard InChI is InChI=1S/C22H24N2O5/c1-23-17-9-8-14(27-2)12-16(17)22(21(23)26)10-11-24(13-22)20(25)15-6-5-7-18(28-3)19(15)29-4/h5-9,12H,10-11,13H2,1-4H3/t22-/m1/s1. The molecule has 0 saturated carbocycles. The summed E-state index contributed by atoms with van der Waals surface area (Å²) in [6.45, 7) is 0.797. The fourth-order valence-electron chi connectivity index (χ4n) is 4.47. The first kappa shape index (κ1) is 19.1. The Labute approximate surface area is 169 Å². The maximum Gasteiger partial charge on any atom is 0.257 e. The molecule has 0 bridgehead atoms. The Morgan fingerprint density at radius 3 is 2.55 bits per heavy atom. The largest absolute Gasteiger partial charge is 0.497 e. The highest BCUT2D eigenvalue weighted by atomic mass is 16.5. The van der Waals surface area contributed by atoms with Crippen LogP contribution in [0.1, 0.15) is 22.3 Å². The van der Waals surface area contributed by atoms with Crippen LogP contribution in [0.2, 0.25) is 0 Å². The summed E-state index contributed by atoms with van der Waals surface area (Å²) in [6, 6.07) is 10.9. The lowest BCUT2D eigenvalue weighted by atomic mass is 9.81. The van der Waals surface area contributed by atoms with Crippen molar-refractivity contribution in [2.75, 3.05) is 46.4 Å². The third-order valence-electron chi connectivity index (χ3n) is 5.98. The number of ether oxygens (including phenoxy) is 3. The van der Waals surface area contributed by atoms with Gasteiger partial charge in [-0.2, -0.15) is 0 Å². The summed E-state index contributed by atoms with van der Waals surface area (Å²) in [5.41, 5.74) is 1.45. The van der Waals surface area contributed by atoms with Gasteiger partial charge in [0, 0.05) is 25.8 Å². The van der Waals surface area contributed by atoms with Crippen molar-refractivity contribution in [3.63, 3.8) is 0 Å². The van der Waals surface area contributed by atoms with Crippen LogP contribution in [0.4, 0.5) is 5.69 Å². The van der Waals surface area contributed by atoms with Gasteiger partial charge in [-0.05, 0) is 42.3 Å². The van der Waals surface area contributed by atoms with Crippen LogP contribution in [0, 0.1) is 0 Å². The van der Waals surface area contributed by atoms with Crippen LogP contribution in [0.5, 0.6) is 17.2 Å². The van der Waals surface area contributed by atoms with Crippen molar-refractivity contribution in [3.05, 3.63) is 47.5 Å². The Morgan fingerprint density at radius 2 is 1.86 bits per heavy atom. The minimum absolute atomic E-state index is 0.00802. The van der Waals surface area contributed by atoms with Gasteiger partial charge in [-0.1, -0.05) is 6.07 Å². The third kappa shape index (κ3) is 2.72. The number of benzene rings is 2. The summed E-state index contributed by atoms with van der Waals surface area (Å²) in [7, 11) is 6.43. The molecule has 0 aliphatic carbocycles. The van der Waals surface area contributed by atoms with E-state index in [0.717, 1.165) is 11.3 Å². The summed E-state index contributed by atoms with van der Waals surface area (Å²) in [4.78, 5) is 29.9. The zero-order valence-corrected chi connectivity index (χ0v) is 17.0. The van der Waals surface area contributed by atoms with Crippen molar-refractivity contribution < 1.29 is 23.8 Å². The van der Waals surface area contributed by atoms with Crippen molar-refractivity contribution in [1.29, 1.82) is 0 Å². The first-order valence-electron chi connectivity index (χ1n) is 9.44. The lowest BCUT2D eigenvalue weighted by Gasteiger charge is -2.24. The summed E-state index contributed by atoms with van der Waals surface area (Å²) in [6.07, 6.45) is 0.564. The van der Waals surface area contributed by atoms with E-state index in [9.17, 15) is 9.59 Å². The summed E-state index contributed by atoms with van der Waals surface area (Å²) in [5.74, 6) is 1.43. The molecule has 2 aromatic carbocycles. The highest BCUT2D eigenvalue weighted by Gasteiger charge is 2.54. The lowest BCUT2D eigenvalue weighted by Crippen LogP contribution is -2.42. The van der Waals surface area contributed by atoms with Crippen LogP contribution < -0.4 is 19.1 Å². The van der Waals surface area contributed by atoms with E-state index in [4.69, 9.17) is 14.2 Å². The Kier molecular flexibility index (Phi) is 4.61. The molecule has 29 heavy (non-hydrogen) atoms. The molecule has 1 spiro atoms. The first-order valence-corrected chi connectivity index (χ1v) is 9.44. The molecule has 1 saturated heterocycles. The van der Waals surface area contributed by atoms with E-state index in [1.54, 1.807) is 42.2 Å². The van der Waals surface area contributed by atoms with Crippen LogP contribution in [0.25, 0.3) is 0 Å². The van der Waals surface area contributed by atoms with Gasteiger partial charge in [0.05, 0.1) is 32.3 Å². The number of likely N-dealkylation sites (N-methyl/N-ethyl adjacent to an activating group) is 1. The number of anilines is 1. The zero-order valence-electron chi connectivity index (χ0n) is 17.0. The molecule has 7 nitrogen and oxygen atoms in total. The number of carbonyl (C=O) groups excluding carboxylic acids is 2. The number of fused-ring (bicyclic) bond motifs is 2. The van der Waals surface area contributed by atoms with Crippen molar-refractivity contribution in [3.8, 4) is 17.2 Å². The number of carbonyl (C=O) groups is 2. The monoisotopic (exact) mass is 396 g/mol. The average molecular weight is 396 g/mol. The van der Waals surface area contributed by atoms with Gasteiger partial charge >= 0.3 is 0 Å². The van der Waals surface area contributed by atoms with Crippen molar-refractivity contribution >= 4 is 17.5 Å². The van der Waals surface area contributed by atoms with Crippen LogP contribution >= 0.6 is 0 Å². The SMILES string of the molecule is COc1ccc2c(c1)[C@]1(CCN(C(=O)c3cccc(OC)c3OC)C1)C(=O)N2C. The molecular formula is C22H24N2O5. The quantitative estimate of drug-likeness (QED) is 0.794. The molecule has 1 atom stereocenters. The minimum Gasteiger partial charge on any atom is -0.497 e. The Hall–Kier alpha value is -3.22. The summed E-state index contributed by atoms with van der Waals surface area (Å²) in [5, 5.41) is 0. The van der Waals surface area contributed by atoms with Crippen LogP contribution in [-0.2, 0) is 10.2 Å². The van der Waals surface area contributed by atoms with E-state index in [2.05, 4.69) is 0 Å². The maximum absolute atomic E-state index is 13.3. The molecule has 2 aromatic rings. The first-order chi connectivity index (χ1) is 14.0. The molecule has 7 heteroatoms. The number of hydrogen-bond acceptors (Lipinski definition) is 5. The van der Waals surface area contributed by atoms with Gasteiger partial charge in [-0.15, -0.1) is 0 Å². The average Bonchev–Trinajstić information content (AvgIpc) is 3.29. The lowest BCUT2D eigenvalue weighted by molar-refractivity contribution is -0.122. The van der Waals surface area contributed by atoms with E-state index in [1.807, 2.05) is 18.2 Å². The second-order valence-electron chi connectivity index (χ2n) is 7.35. The molecule has 2 aliphatic rings. The molecule has 0 aromatic heterocycles. The fourth-order valence-corrected chi connectivity index (χ4v) is 4.47. The minimum atomic E-state index is -0.750. The van der Waals surface area contributed by atoms with Gasteiger partial charge in [-0.3, -0.25) is 9.59 Å². The number of methoxy groups -OCH3 is 3. The number of amides is 2. The molecule has 2 heterocycles. The molecule has 0 N–H and O–H groups in total. The van der Waals surface area contributed by atoms with Gasteiger partial charge in [0.25, 0.3) is 5.91 Å². The molecule has 0 unspecified atom stereocenters. The number of nitrogens with zero attached hydrogens (tertiary/aromatic N) is 2. The van der Waals surface area contributed by atoms with Crippen LogP contribution in [0.15, 0.2) is 36.4 Å². The number of rotatable bonds is 4. The van der Waals surface area contributed by atoms with Gasteiger partial charge in [0.2, 0.25) is 5.91 Å². The highest BCUT2D eigenvalue weighted by Crippen LogP contribution is 2.48. The Balaban J connectivity index is 1.70. The van der Waals surface area contributed by atoms with Gasteiger partial charge < -0.3 is 24.0 Å². The smallest absolute Gasteiger partial charge is 0.257 e. The van der Waals surface area contributed by atoms with E-state index in [0.29, 0.717) is 42.3 Å². The number of para-hydroxylation sites is 1. The topological polar surface area (TPSA) is 68.3 Å². The summed E-state index contributed by atoms with van der Waals surface area (Å²) >= 11 is 0. The van der Waals surface area contributed by atoms with Crippen molar-refractivity contribution in [1.82, 2.24) is 4.90 Å². The Morgan fingerprint density at radius 1 is 1.07 bits per heavy atom. The molecule has 1 fully saturated rings. The molecule has 4 rings (SSSR count). The second-order valence-corrected chi connectivity index (χ2v) is 7.35. The molecule has 2 aliphatic heterocycles. The summed E-state index contributed by atoms with van der Waals surface area (Å²) < 4.78 is 16.1. The van der Waals surface area contributed by atoms with E-state index in [-0.39, 0.29) is 11.8 Å². The van der Waals surface area contributed by atoms with Gasteiger partial charge in [0.15, 0.2) is 11.5 Å². The predicted molar refractivity (Wildman–Crippen MR) is 108 cm³/mol.